The van der Waals surface area contributed by atoms with Gasteiger partial charge < -0.3 is 14.3 Å². The van der Waals surface area contributed by atoms with Gasteiger partial charge in [-0.3, -0.25) is 4.79 Å². The van der Waals surface area contributed by atoms with Gasteiger partial charge in [0.25, 0.3) is 5.91 Å². The molecule has 0 saturated carbocycles. The van der Waals surface area contributed by atoms with Crippen LogP contribution in [0.4, 0.5) is 0 Å². The number of furan rings is 1. The van der Waals surface area contributed by atoms with Gasteiger partial charge >= 0.3 is 0 Å². The summed E-state index contributed by atoms with van der Waals surface area (Å²) < 4.78 is 10.8. The van der Waals surface area contributed by atoms with E-state index in [4.69, 9.17) is 8.94 Å². The van der Waals surface area contributed by atoms with Crippen molar-refractivity contribution >= 4 is 5.91 Å². The first-order valence-corrected chi connectivity index (χ1v) is 7.87. The maximum atomic E-state index is 12.2. The quantitative estimate of drug-likeness (QED) is 0.777. The van der Waals surface area contributed by atoms with E-state index < -0.39 is 0 Å². The minimum Gasteiger partial charge on any atom is -0.456 e. The lowest BCUT2D eigenvalue weighted by molar-refractivity contribution is 0.0921. The molecular formula is C19H20N2O3. The van der Waals surface area contributed by atoms with Gasteiger partial charge in [0.1, 0.15) is 11.5 Å². The van der Waals surface area contributed by atoms with E-state index in [0.29, 0.717) is 24.5 Å². The molecule has 1 amide bonds. The number of rotatable bonds is 5. The maximum Gasteiger partial charge on any atom is 0.287 e. The van der Waals surface area contributed by atoms with Gasteiger partial charge in [0.2, 0.25) is 0 Å². The van der Waals surface area contributed by atoms with E-state index in [9.17, 15) is 4.79 Å². The smallest absolute Gasteiger partial charge is 0.287 e. The Bertz CT molecular complexity index is 824. The summed E-state index contributed by atoms with van der Waals surface area (Å²) in [5.41, 5.74) is 4.08. The van der Waals surface area contributed by atoms with Crippen LogP contribution in [0.25, 0.3) is 0 Å². The van der Waals surface area contributed by atoms with Crippen LogP contribution in [0.1, 0.15) is 44.5 Å². The summed E-state index contributed by atoms with van der Waals surface area (Å²) in [6.45, 7) is 6.27. The third-order valence-corrected chi connectivity index (χ3v) is 3.99. The first kappa shape index (κ1) is 16.1. The minimum absolute atomic E-state index is 0.222. The second-order valence-corrected chi connectivity index (χ2v) is 5.91. The van der Waals surface area contributed by atoms with Gasteiger partial charge in [0.05, 0.1) is 5.69 Å². The molecule has 0 aliphatic carbocycles. The minimum atomic E-state index is -0.222. The zero-order valence-corrected chi connectivity index (χ0v) is 14.1. The van der Waals surface area contributed by atoms with E-state index in [0.717, 1.165) is 22.6 Å². The molecule has 5 heteroatoms. The Morgan fingerprint density at radius 2 is 1.83 bits per heavy atom. The number of nitrogens with one attached hydrogen (secondary N) is 1. The molecule has 0 saturated heterocycles. The van der Waals surface area contributed by atoms with Crippen molar-refractivity contribution in [2.75, 3.05) is 0 Å². The Hall–Kier alpha value is -2.82. The Kier molecular flexibility index (Phi) is 4.51. The number of amides is 1. The summed E-state index contributed by atoms with van der Waals surface area (Å²) in [4.78, 5) is 12.2. The fourth-order valence-electron chi connectivity index (χ4n) is 2.50. The highest BCUT2D eigenvalue weighted by atomic mass is 16.5. The van der Waals surface area contributed by atoms with Gasteiger partial charge in [0, 0.05) is 18.5 Å². The van der Waals surface area contributed by atoms with E-state index in [2.05, 4.69) is 10.5 Å². The Morgan fingerprint density at radius 3 is 2.50 bits per heavy atom. The van der Waals surface area contributed by atoms with Crippen LogP contribution >= 0.6 is 0 Å². The molecule has 0 bridgehead atoms. The second-order valence-electron chi connectivity index (χ2n) is 5.91. The molecule has 2 aromatic heterocycles. The third-order valence-electron chi connectivity index (χ3n) is 3.99. The van der Waals surface area contributed by atoms with Gasteiger partial charge in [-0.25, -0.2) is 0 Å². The van der Waals surface area contributed by atoms with Gasteiger partial charge in [0.15, 0.2) is 5.76 Å². The lowest BCUT2D eigenvalue weighted by Crippen LogP contribution is -2.22. The first-order valence-electron chi connectivity index (χ1n) is 7.87. The van der Waals surface area contributed by atoms with Crippen LogP contribution in [-0.4, -0.2) is 11.1 Å². The molecule has 0 unspecified atom stereocenters. The number of aromatic nitrogens is 1. The second kappa shape index (κ2) is 6.74. The van der Waals surface area contributed by atoms with Gasteiger partial charge in [-0.15, -0.1) is 0 Å². The predicted octanol–water partition coefficient (Wildman–Crippen LogP) is 3.71. The summed E-state index contributed by atoms with van der Waals surface area (Å²) in [5.74, 6) is 1.57. The van der Waals surface area contributed by atoms with Crippen molar-refractivity contribution in [2.45, 2.75) is 33.7 Å². The van der Waals surface area contributed by atoms with Gasteiger partial charge in [-0.1, -0.05) is 35.0 Å². The highest BCUT2D eigenvalue weighted by Gasteiger charge is 2.15. The van der Waals surface area contributed by atoms with Crippen LogP contribution in [0, 0.1) is 20.8 Å². The van der Waals surface area contributed by atoms with Crippen LogP contribution in [0.2, 0.25) is 0 Å². The zero-order chi connectivity index (χ0) is 17.1. The van der Waals surface area contributed by atoms with E-state index >= 15 is 0 Å². The number of benzene rings is 1. The van der Waals surface area contributed by atoms with Crippen molar-refractivity contribution < 1.29 is 13.7 Å². The molecular weight excluding hydrogens is 304 g/mol. The Morgan fingerprint density at radius 1 is 1.08 bits per heavy atom. The molecule has 24 heavy (non-hydrogen) atoms. The Balaban J connectivity index is 1.62. The number of hydrogen-bond acceptors (Lipinski definition) is 4. The van der Waals surface area contributed by atoms with Crippen LogP contribution < -0.4 is 5.32 Å². The summed E-state index contributed by atoms with van der Waals surface area (Å²) in [6.07, 6.45) is 0.562. The molecule has 2 heterocycles. The van der Waals surface area contributed by atoms with Gasteiger partial charge in [-0.2, -0.15) is 0 Å². The van der Waals surface area contributed by atoms with Crippen molar-refractivity contribution in [3.8, 4) is 0 Å². The molecule has 0 aliphatic rings. The fraction of sp³-hybridized carbons (Fsp3) is 0.263. The normalized spacial score (nSPS) is 10.8. The molecule has 0 aliphatic heterocycles. The Labute approximate surface area is 140 Å². The molecule has 3 aromatic rings. The largest absolute Gasteiger partial charge is 0.456 e. The summed E-state index contributed by atoms with van der Waals surface area (Å²) in [6, 6.07) is 11.6. The molecule has 0 spiro atoms. The zero-order valence-electron chi connectivity index (χ0n) is 14.1. The summed E-state index contributed by atoms with van der Waals surface area (Å²) >= 11 is 0. The number of carbonyl (C=O) groups excluding carboxylic acids is 1. The number of aryl methyl sites for hydroxylation is 3. The monoisotopic (exact) mass is 324 g/mol. The van der Waals surface area contributed by atoms with E-state index in [1.165, 1.54) is 5.56 Å². The number of carbonyl (C=O) groups is 1. The molecule has 5 nitrogen and oxygen atoms in total. The van der Waals surface area contributed by atoms with Crippen molar-refractivity contribution in [1.29, 1.82) is 0 Å². The average Bonchev–Trinajstić information content (AvgIpc) is 3.16. The lowest BCUT2D eigenvalue weighted by atomic mass is 10.1. The predicted molar refractivity (Wildman–Crippen MR) is 89.8 cm³/mol. The third kappa shape index (κ3) is 3.56. The van der Waals surface area contributed by atoms with E-state index in [1.54, 1.807) is 6.07 Å². The number of hydrogen-bond donors (Lipinski definition) is 1. The molecule has 3 rings (SSSR count). The van der Waals surface area contributed by atoms with Crippen molar-refractivity contribution in [3.63, 3.8) is 0 Å². The SMILES string of the molecule is Cc1ccc(CNC(=O)c2ccc(Cc3c(C)noc3C)o2)cc1. The van der Waals surface area contributed by atoms with E-state index in [-0.39, 0.29) is 5.91 Å². The maximum absolute atomic E-state index is 12.2. The highest BCUT2D eigenvalue weighted by Crippen LogP contribution is 2.19. The molecule has 1 N–H and O–H groups in total. The van der Waals surface area contributed by atoms with Crippen molar-refractivity contribution in [1.82, 2.24) is 10.5 Å². The molecule has 0 atom stereocenters. The highest BCUT2D eigenvalue weighted by molar-refractivity contribution is 5.91. The molecule has 124 valence electrons. The molecule has 0 radical (unpaired) electrons. The standard InChI is InChI=1S/C19H20N2O3/c1-12-4-6-15(7-5-12)11-20-19(22)18-9-8-16(23-18)10-17-13(2)21-24-14(17)3/h4-9H,10-11H2,1-3H3,(H,20,22). The van der Waals surface area contributed by atoms with Crippen molar-refractivity contribution in [2.24, 2.45) is 0 Å². The summed E-state index contributed by atoms with van der Waals surface area (Å²) in [5, 5.41) is 6.79. The average molecular weight is 324 g/mol. The lowest BCUT2D eigenvalue weighted by Gasteiger charge is -2.04. The van der Waals surface area contributed by atoms with Crippen LogP contribution in [0.5, 0.6) is 0 Å². The number of nitrogens with zero attached hydrogens (tertiary/aromatic N) is 1. The molecule has 0 fully saturated rings. The van der Waals surface area contributed by atoms with E-state index in [1.807, 2.05) is 51.1 Å². The first-order chi connectivity index (χ1) is 11.5. The fourth-order valence-corrected chi connectivity index (χ4v) is 2.50. The molecule has 1 aromatic carbocycles. The van der Waals surface area contributed by atoms with Crippen LogP contribution in [0.15, 0.2) is 45.3 Å². The topological polar surface area (TPSA) is 68.3 Å². The summed E-state index contributed by atoms with van der Waals surface area (Å²) in [7, 11) is 0. The van der Waals surface area contributed by atoms with Crippen LogP contribution in [0.3, 0.4) is 0 Å². The van der Waals surface area contributed by atoms with Crippen LogP contribution in [-0.2, 0) is 13.0 Å². The van der Waals surface area contributed by atoms with Gasteiger partial charge in [-0.05, 0) is 38.5 Å². The van der Waals surface area contributed by atoms with Crippen molar-refractivity contribution in [3.05, 3.63) is 76.1 Å².